The zero-order chi connectivity index (χ0) is 13.8. The minimum absolute atomic E-state index is 0.190. The van der Waals surface area contributed by atoms with Crippen LogP contribution in [0, 0.1) is 12.8 Å². The van der Waals surface area contributed by atoms with E-state index in [1.807, 2.05) is 6.07 Å². The molecule has 0 bridgehead atoms. The topological polar surface area (TPSA) is 72.2 Å². The van der Waals surface area contributed by atoms with Gasteiger partial charge in [-0.3, -0.25) is 0 Å². The van der Waals surface area contributed by atoms with E-state index in [1.54, 1.807) is 19.1 Å². The first-order chi connectivity index (χ1) is 8.34. The minimum Gasteiger partial charge on any atom is -0.385 e. The van der Waals surface area contributed by atoms with Gasteiger partial charge in [0.2, 0.25) is 10.0 Å². The molecule has 0 aliphatic rings. The van der Waals surface area contributed by atoms with Gasteiger partial charge in [-0.25, -0.2) is 13.6 Å². The number of rotatable bonds is 6. The Morgan fingerprint density at radius 3 is 2.61 bits per heavy atom. The van der Waals surface area contributed by atoms with Crippen molar-refractivity contribution in [3.63, 3.8) is 0 Å². The normalized spacial score (nSPS) is 13.3. The number of aryl methyl sites for hydroxylation is 1. The first-order valence-corrected chi connectivity index (χ1v) is 7.76. The average Bonchev–Trinajstić information content (AvgIpc) is 2.27. The molecule has 1 rings (SSSR count). The molecule has 0 fully saturated rings. The van der Waals surface area contributed by atoms with Crippen molar-refractivity contribution in [3.05, 3.63) is 23.8 Å². The molecule has 0 aliphatic carbocycles. The highest BCUT2D eigenvalue weighted by atomic mass is 32.2. The zero-order valence-electron chi connectivity index (χ0n) is 11.2. The number of anilines is 1. The van der Waals surface area contributed by atoms with Gasteiger partial charge >= 0.3 is 0 Å². The van der Waals surface area contributed by atoms with Gasteiger partial charge in [0.15, 0.2) is 0 Å². The van der Waals surface area contributed by atoms with Crippen molar-refractivity contribution in [1.82, 2.24) is 0 Å². The minimum atomic E-state index is -3.64. The van der Waals surface area contributed by atoms with Crippen LogP contribution in [0.3, 0.4) is 0 Å². The predicted molar refractivity (Wildman–Crippen MR) is 75.1 cm³/mol. The standard InChI is InChI=1S/C13H22N2O2S/c1-4-5-10(2)9-15-12-7-6-11(3)13(8-12)18(14,16)17/h6-8,10,15H,4-5,9H2,1-3H3,(H2,14,16,17). The van der Waals surface area contributed by atoms with Crippen molar-refractivity contribution >= 4 is 15.7 Å². The third-order valence-corrected chi connectivity index (χ3v) is 3.98. The lowest BCUT2D eigenvalue weighted by atomic mass is 10.1. The first kappa shape index (κ1) is 15.0. The van der Waals surface area contributed by atoms with E-state index in [-0.39, 0.29) is 4.90 Å². The summed E-state index contributed by atoms with van der Waals surface area (Å²) in [6.07, 6.45) is 2.31. The van der Waals surface area contributed by atoms with E-state index in [9.17, 15) is 8.42 Å². The Balaban J connectivity index is 2.80. The molecule has 18 heavy (non-hydrogen) atoms. The maximum atomic E-state index is 11.4. The van der Waals surface area contributed by atoms with Crippen LogP contribution in [0.1, 0.15) is 32.3 Å². The number of benzene rings is 1. The van der Waals surface area contributed by atoms with Crippen LogP contribution in [0.4, 0.5) is 5.69 Å². The summed E-state index contributed by atoms with van der Waals surface area (Å²) < 4.78 is 22.8. The zero-order valence-corrected chi connectivity index (χ0v) is 12.0. The predicted octanol–water partition coefficient (Wildman–Crippen LogP) is 2.49. The highest BCUT2D eigenvalue weighted by Gasteiger charge is 2.12. The quantitative estimate of drug-likeness (QED) is 0.834. The van der Waals surface area contributed by atoms with E-state index in [0.717, 1.165) is 25.1 Å². The third-order valence-electron chi connectivity index (χ3n) is 2.93. The van der Waals surface area contributed by atoms with Gasteiger partial charge in [0.1, 0.15) is 0 Å². The van der Waals surface area contributed by atoms with Crippen molar-refractivity contribution < 1.29 is 8.42 Å². The van der Waals surface area contributed by atoms with Crippen LogP contribution in [0.2, 0.25) is 0 Å². The van der Waals surface area contributed by atoms with E-state index in [2.05, 4.69) is 19.2 Å². The van der Waals surface area contributed by atoms with E-state index in [0.29, 0.717) is 11.5 Å². The molecule has 0 aliphatic heterocycles. The molecule has 4 nitrogen and oxygen atoms in total. The second kappa shape index (κ2) is 6.20. The van der Waals surface area contributed by atoms with Crippen molar-refractivity contribution in [2.45, 2.75) is 38.5 Å². The summed E-state index contributed by atoms with van der Waals surface area (Å²) in [5, 5.41) is 8.42. The van der Waals surface area contributed by atoms with Crippen LogP contribution in [0.5, 0.6) is 0 Å². The van der Waals surface area contributed by atoms with Crippen molar-refractivity contribution in [2.75, 3.05) is 11.9 Å². The van der Waals surface area contributed by atoms with E-state index >= 15 is 0 Å². The fraction of sp³-hybridized carbons (Fsp3) is 0.538. The van der Waals surface area contributed by atoms with Gasteiger partial charge in [0.25, 0.3) is 0 Å². The molecule has 0 saturated heterocycles. The molecule has 0 amide bonds. The Bertz CT molecular complexity index is 498. The van der Waals surface area contributed by atoms with Gasteiger partial charge in [-0.2, -0.15) is 0 Å². The van der Waals surface area contributed by atoms with Crippen LogP contribution in [-0.2, 0) is 10.0 Å². The van der Waals surface area contributed by atoms with Crippen LogP contribution >= 0.6 is 0 Å². The summed E-state index contributed by atoms with van der Waals surface area (Å²) >= 11 is 0. The lowest BCUT2D eigenvalue weighted by molar-refractivity contribution is 0.550. The number of nitrogens with two attached hydrogens (primary N) is 1. The molecule has 0 spiro atoms. The first-order valence-electron chi connectivity index (χ1n) is 6.22. The molecule has 1 unspecified atom stereocenters. The lowest BCUT2D eigenvalue weighted by Crippen LogP contribution is -2.15. The molecule has 0 radical (unpaired) electrons. The number of hydrogen-bond donors (Lipinski definition) is 2. The molecular weight excluding hydrogens is 248 g/mol. The van der Waals surface area contributed by atoms with E-state index in [1.165, 1.54) is 0 Å². The monoisotopic (exact) mass is 270 g/mol. The SMILES string of the molecule is CCCC(C)CNc1ccc(C)c(S(N)(=O)=O)c1. The Labute approximate surface area is 110 Å². The van der Waals surface area contributed by atoms with Crippen LogP contribution in [-0.4, -0.2) is 15.0 Å². The second-order valence-corrected chi connectivity index (χ2v) is 6.33. The largest absolute Gasteiger partial charge is 0.385 e. The summed E-state index contributed by atoms with van der Waals surface area (Å²) in [6, 6.07) is 5.25. The highest BCUT2D eigenvalue weighted by molar-refractivity contribution is 7.89. The van der Waals surface area contributed by atoms with Crippen molar-refractivity contribution in [3.8, 4) is 0 Å². The lowest BCUT2D eigenvalue weighted by Gasteiger charge is -2.14. The van der Waals surface area contributed by atoms with Gasteiger partial charge in [-0.05, 0) is 37.0 Å². The number of sulfonamides is 1. The maximum absolute atomic E-state index is 11.4. The Morgan fingerprint density at radius 2 is 2.06 bits per heavy atom. The number of hydrogen-bond acceptors (Lipinski definition) is 3. The Morgan fingerprint density at radius 1 is 1.39 bits per heavy atom. The molecular formula is C13H22N2O2S. The average molecular weight is 270 g/mol. The summed E-state index contributed by atoms with van der Waals surface area (Å²) in [5.74, 6) is 0.564. The fourth-order valence-corrected chi connectivity index (χ4v) is 2.71. The molecule has 0 saturated carbocycles. The summed E-state index contributed by atoms with van der Waals surface area (Å²) in [7, 11) is -3.64. The molecule has 0 aromatic heterocycles. The number of nitrogens with one attached hydrogen (secondary N) is 1. The van der Waals surface area contributed by atoms with Gasteiger partial charge in [0.05, 0.1) is 4.90 Å². The molecule has 1 aromatic rings. The molecule has 0 heterocycles. The fourth-order valence-electron chi connectivity index (χ4n) is 1.90. The van der Waals surface area contributed by atoms with Crippen molar-refractivity contribution in [2.24, 2.45) is 11.1 Å². The van der Waals surface area contributed by atoms with E-state index in [4.69, 9.17) is 5.14 Å². The molecule has 3 N–H and O–H groups in total. The second-order valence-electron chi connectivity index (χ2n) is 4.80. The van der Waals surface area contributed by atoms with Crippen molar-refractivity contribution in [1.29, 1.82) is 0 Å². The third kappa shape index (κ3) is 4.31. The molecule has 5 heteroatoms. The van der Waals surface area contributed by atoms with Gasteiger partial charge in [-0.1, -0.05) is 26.3 Å². The molecule has 102 valence electrons. The maximum Gasteiger partial charge on any atom is 0.238 e. The Hall–Kier alpha value is -1.07. The molecule has 1 aromatic carbocycles. The van der Waals surface area contributed by atoms with Gasteiger partial charge in [-0.15, -0.1) is 0 Å². The smallest absolute Gasteiger partial charge is 0.238 e. The number of primary sulfonamides is 1. The summed E-state index contributed by atoms with van der Waals surface area (Å²) in [6.45, 7) is 6.90. The summed E-state index contributed by atoms with van der Waals surface area (Å²) in [5.41, 5.74) is 1.47. The Kier molecular flexibility index (Phi) is 5.16. The molecule has 1 atom stereocenters. The van der Waals surface area contributed by atoms with Crippen LogP contribution < -0.4 is 10.5 Å². The van der Waals surface area contributed by atoms with Gasteiger partial charge in [0, 0.05) is 12.2 Å². The van der Waals surface area contributed by atoms with Crippen LogP contribution in [0.25, 0.3) is 0 Å². The summed E-state index contributed by atoms with van der Waals surface area (Å²) in [4.78, 5) is 0.190. The van der Waals surface area contributed by atoms with E-state index < -0.39 is 10.0 Å². The highest BCUT2D eigenvalue weighted by Crippen LogP contribution is 2.19. The van der Waals surface area contributed by atoms with Crippen LogP contribution in [0.15, 0.2) is 23.1 Å². The van der Waals surface area contributed by atoms with Gasteiger partial charge < -0.3 is 5.32 Å².